The monoisotopic (exact) mass is 386 g/mol. The molecule has 0 rings (SSSR count). The van der Waals surface area contributed by atoms with Gasteiger partial charge in [0.25, 0.3) is 5.24 Å². The molecular formula is C14H19ClO10. The summed E-state index contributed by atoms with van der Waals surface area (Å²) in [5.74, 6) is -4.90. The summed E-state index contributed by atoms with van der Waals surface area (Å²) in [5, 5.41) is 8.80. The van der Waals surface area contributed by atoms with Crippen molar-refractivity contribution < 1.29 is 53.5 Å². The third kappa shape index (κ3) is 9.01. The van der Waals surface area contributed by atoms with Crippen molar-refractivity contribution in [1.82, 2.24) is 0 Å². The van der Waals surface area contributed by atoms with E-state index in [4.69, 9.17) is 26.6 Å². The van der Waals surface area contributed by atoms with Gasteiger partial charge in [0, 0.05) is 33.1 Å². The first-order chi connectivity index (χ1) is 13.6. The van der Waals surface area contributed by atoms with Gasteiger partial charge in [0.05, 0.1) is 0 Å². The summed E-state index contributed by atoms with van der Waals surface area (Å²) in [6.07, 6.45) is -8.24. The average molecular weight is 387 g/mol. The molecule has 0 spiro atoms. The lowest BCUT2D eigenvalue weighted by Crippen LogP contribution is -2.53. The van der Waals surface area contributed by atoms with Gasteiger partial charge in [-0.15, -0.1) is 0 Å². The maximum atomic E-state index is 11.7. The molecular weight excluding hydrogens is 364 g/mol. The van der Waals surface area contributed by atoms with Crippen molar-refractivity contribution in [1.29, 1.82) is 0 Å². The molecule has 0 unspecified atom stereocenters. The minimum absolute atomic E-state index is 0.801. The summed E-state index contributed by atoms with van der Waals surface area (Å²) in [7, 11) is 0. The number of hydrogen-bond donors (Lipinski definition) is 1. The third-order valence-corrected chi connectivity index (χ3v) is 2.65. The lowest BCUT2D eigenvalue weighted by atomic mass is 10.0. The number of halogens is 1. The second-order valence-corrected chi connectivity index (χ2v) is 4.75. The van der Waals surface area contributed by atoms with E-state index in [9.17, 15) is 29.1 Å². The van der Waals surface area contributed by atoms with E-state index in [1.165, 1.54) is 0 Å². The van der Waals surface area contributed by atoms with Gasteiger partial charge in [-0.1, -0.05) is 0 Å². The van der Waals surface area contributed by atoms with Crippen LogP contribution < -0.4 is 0 Å². The molecule has 0 aliphatic heterocycles. The first-order valence-corrected chi connectivity index (χ1v) is 6.77. The van der Waals surface area contributed by atoms with Gasteiger partial charge in [-0.05, 0) is 11.6 Å². The quantitative estimate of drug-likeness (QED) is 0.312. The van der Waals surface area contributed by atoms with Gasteiger partial charge in [0.2, 0.25) is 6.10 Å². The van der Waals surface area contributed by atoms with Crippen LogP contribution in [-0.4, -0.2) is 65.2 Å². The van der Waals surface area contributed by atoms with E-state index in [0.717, 1.165) is 0 Å². The number of rotatable bonds is 9. The number of ether oxygens (including phenoxy) is 4. The standard InChI is InChI=1S/C14H19ClO10/c1-6(16)22-5-10(20)11(23-7(2)17)12(24-8(3)18)13(14(15)21)25-9(4)19/h10-13,20H,5H2,1-4H3/t10-,11-,12+,13-/m1/s1/i1D,2D,3D,4D. The normalized spacial score (nSPS) is 17.2. The highest BCUT2D eigenvalue weighted by Gasteiger charge is 2.44. The lowest BCUT2D eigenvalue weighted by molar-refractivity contribution is -0.195. The molecule has 0 radical (unpaired) electrons. The molecule has 11 heteroatoms. The van der Waals surface area contributed by atoms with Crippen LogP contribution in [0.1, 0.15) is 33.1 Å². The van der Waals surface area contributed by atoms with Gasteiger partial charge in [-0.2, -0.15) is 0 Å². The Morgan fingerprint density at radius 2 is 1.36 bits per heavy atom. The third-order valence-electron chi connectivity index (χ3n) is 2.43. The maximum Gasteiger partial charge on any atom is 0.303 e. The fourth-order valence-corrected chi connectivity index (χ4v) is 1.80. The second-order valence-electron chi connectivity index (χ2n) is 4.37. The molecule has 142 valence electrons. The molecule has 4 atom stereocenters. The fourth-order valence-electron chi connectivity index (χ4n) is 1.63. The van der Waals surface area contributed by atoms with E-state index in [-0.39, 0.29) is 0 Å². The van der Waals surface area contributed by atoms with E-state index in [0.29, 0.717) is 0 Å². The Kier molecular flexibility index (Phi) is 6.92. The van der Waals surface area contributed by atoms with Gasteiger partial charge in [0.15, 0.2) is 12.2 Å². The minimum atomic E-state index is -2.16. The minimum Gasteiger partial charge on any atom is -0.463 e. The van der Waals surface area contributed by atoms with Crippen LogP contribution in [0.3, 0.4) is 0 Å². The molecule has 0 aromatic heterocycles. The molecule has 1 N–H and O–H groups in total. The van der Waals surface area contributed by atoms with Gasteiger partial charge in [0.1, 0.15) is 12.7 Å². The Hall–Kier alpha value is -2.20. The number of hydrogen-bond acceptors (Lipinski definition) is 10. The van der Waals surface area contributed by atoms with Crippen LogP contribution in [0.5, 0.6) is 0 Å². The zero-order chi connectivity index (χ0) is 22.6. The first kappa shape index (κ1) is 16.3. The zero-order valence-electron chi connectivity index (χ0n) is 16.8. The Bertz CT molecular complexity index is 605. The Balaban J connectivity index is 5.96. The predicted molar refractivity (Wildman–Crippen MR) is 80.2 cm³/mol. The molecule has 0 fully saturated rings. The van der Waals surface area contributed by atoms with E-state index in [1.807, 2.05) is 0 Å². The van der Waals surface area contributed by atoms with Gasteiger partial charge >= 0.3 is 23.9 Å². The van der Waals surface area contributed by atoms with Crippen LogP contribution in [0.15, 0.2) is 0 Å². The maximum absolute atomic E-state index is 11.7. The highest BCUT2D eigenvalue weighted by Crippen LogP contribution is 2.19. The van der Waals surface area contributed by atoms with Crippen molar-refractivity contribution in [3.05, 3.63) is 0 Å². The Morgan fingerprint density at radius 3 is 1.84 bits per heavy atom. The van der Waals surface area contributed by atoms with Crippen LogP contribution >= 0.6 is 11.6 Å². The van der Waals surface area contributed by atoms with Crippen molar-refractivity contribution in [2.24, 2.45) is 0 Å². The van der Waals surface area contributed by atoms with Gasteiger partial charge in [-0.25, -0.2) is 0 Å². The second kappa shape index (κ2) is 10.6. The van der Waals surface area contributed by atoms with Crippen LogP contribution in [0.2, 0.25) is 0 Å². The zero-order valence-corrected chi connectivity index (χ0v) is 13.6. The summed E-state index contributed by atoms with van der Waals surface area (Å²) in [6, 6.07) is 0. The van der Waals surface area contributed by atoms with E-state index in [2.05, 4.69) is 9.47 Å². The van der Waals surface area contributed by atoms with Crippen LogP contribution in [-0.2, 0) is 42.9 Å². The predicted octanol–water partition coefficient (Wildman–Crippen LogP) is -0.529. The number of esters is 4. The fraction of sp³-hybridized carbons (Fsp3) is 0.643. The molecule has 0 aliphatic carbocycles. The average Bonchev–Trinajstić information content (AvgIpc) is 2.71. The van der Waals surface area contributed by atoms with Crippen molar-refractivity contribution in [2.75, 3.05) is 6.61 Å². The lowest BCUT2D eigenvalue weighted by Gasteiger charge is -2.32. The van der Waals surface area contributed by atoms with Crippen LogP contribution in [0.25, 0.3) is 0 Å². The molecule has 0 aromatic rings. The van der Waals surface area contributed by atoms with Crippen LogP contribution in [0, 0.1) is 0 Å². The summed E-state index contributed by atoms with van der Waals surface area (Å²) in [5.41, 5.74) is 0. The summed E-state index contributed by atoms with van der Waals surface area (Å²) in [4.78, 5) is 57.4. The largest absolute Gasteiger partial charge is 0.463 e. The Labute approximate surface area is 153 Å². The van der Waals surface area contributed by atoms with Gasteiger partial charge in [-0.3, -0.25) is 24.0 Å². The Morgan fingerprint density at radius 1 is 0.880 bits per heavy atom. The SMILES string of the molecule is [2H]CC(=O)OC[C@@H](O)[C@@H](OC(=O)C[2H])[C@H](OC(=O)C[2H])[C@@H](OC(=O)C[2H])C(=O)Cl. The number of carbonyl (C=O) groups excluding carboxylic acids is 5. The highest BCUT2D eigenvalue weighted by molar-refractivity contribution is 6.64. The van der Waals surface area contributed by atoms with Gasteiger partial charge < -0.3 is 24.1 Å². The smallest absolute Gasteiger partial charge is 0.303 e. The molecule has 0 bridgehead atoms. The molecule has 25 heavy (non-hydrogen) atoms. The van der Waals surface area contributed by atoms with Crippen LogP contribution in [0.4, 0.5) is 0 Å². The van der Waals surface area contributed by atoms with Crippen molar-refractivity contribution in [3.63, 3.8) is 0 Å². The van der Waals surface area contributed by atoms with Crippen molar-refractivity contribution in [2.45, 2.75) is 52.0 Å². The number of aliphatic hydroxyl groups excluding tert-OH is 1. The van der Waals surface area contributed by atoms with Crippen molar-refractivity contribution >= 4 is 40.7 Å². The van der Waals surface area contributed by atoms with E-state index in [1.54, 1.807) is 0 Å². The molecule has 0 saturated carbocycles. The molecule has 0 heterocycles. The molecule has 10 nitrogen and oxygen atoms in total. The molecule has 0 aliphatic rings. The molecule has 0 aromatic carbocycles. The molecule has 0 amide bonds. The van der Waals surface area contributed by atoms with E-state index >= 15 is 0 Å². The number of aliphatic hydroxyl groups is 1. The highest BCUT2D eigenvalue weighted by atomic mass is 35.5. The number of carbonyl (C=O) groups is 5. The van der Waals surface area contributed by atoms with E-state index < -0.39 is 87.7 Å². The summed E-state index contributed by atoms with van der Waals surface area (Å²) < 4.78 is 46.5. The topological polar surface area (TPSA) is 143 Å². The molecule has 0 saturated heterocycles. The summed E-state index contributed by atoms with van der Waals surface area (Å²) >= 11 is 5.35. The first-order valence-electron chi connectivity index (χ1n) is 9.22. The van der Waals surface area contributed by atoms with Crippen molar-refractivity contribution in [3.8, 4) is 0 Å². The summed E-state index contributed by atoms with van der Waals surface area (Å²) in [6.45, 7) is -4.58.